The first kappa shape index (κ1) is 18.2. The summed E-state index contributed by atoms with van der Waals surface area (Å²) in [5.41, 5.74) is 2.83. The average Bonchev–Trinajstić information content (AvgIpc) is 3.27. The zero-order valence-electron chi connectivity index (χ0n) is 15.3. The zero-order valence-corrected chi connectivity index (χ0v) is 16.1. The van der Waals surface area contributed by atoms with Crippen molar-refractivity contribution in [2.24, 2.45) is 0 Å². The van der Waals surface area contributed by atoms with Crippen molar-refractivity contribution >= 4 is 28.6 Å². The Hall–Kier alpha value is -3.19. The highest BCUT2D eigenvalue weighted by atomic mass is 35.5. The van der Waals surface area contributed by atoms with E-state index >= 15 is 0 Å². The van der Waals surface area contributed by atoms with Crippen LogP contribution in [-0.2, 0) is 13.0 Å². The molecule has 1 amide bonds. The van der Waals surface area contributed by atoms with Crippen LogP contribution in [0.1, 0.15) is 33.5 Å². The summed E-state index contributed by atoms with van der Waals surface area (Å²) in [5.74, 6) is 1.34. The summed E-state index contributed by atoms with van der Waals surface area (Å²) in [6.07, 6.45) is 0.547. The van der Waals surface area contributed by atoms with E-state index in [1.54, 1.807) is 32.2 Å². The van der Waals surface area contributed by atoms with Gasteiger partial charge in [0, 0.05) is 24.1 Å². The zero-order chi connectivity index (χ0) is 19.7. The van der Waals surface area contributed by atoms with Crippen LogP contribution in [0, 0.1) is 6.92 Å². The van der Waals surface area contributed by atoms with Crippen LogP contribution in [0.5, 0.6) is 0 Å². The van der Waals surface area contributed by atoms with Crippen LogP contribution in [-0.4, -0.2) is 33.0 Å². The van der Waals surface area contributed by atoms with Gasteiger partial charge in [-0.15, -0.1) is 0 Å². The Morgan fingerprint density at radius 3 is 2.61 bits per heavy atom. The number of fused-ring (bicyclic) bond motifs is 1. The molecule has 2 heterocycles. The highest BCUT2D eigenvalue weighted by Gasteiger charge is 2.17. The minimum atomic E-state index is -0.167. The van der Waals surface area contributed by atoms with Crippen molar-refractivity contribution in [3.8, 4) is 0 Å². The van der Waals surface area contributed by atoms with Gasteiger partial charge in [-0.3, -0.25) is 4.79 Å². The lowest BCUT2D eigenvalue weighted by molar-refractivity contribution is 0.0769. The molecule has 2 aromatic heterocycles. The van der Waals surface area contributed by atoms with Gasteiger partial charge in [-0.05, 0) is 42.8 Å². The number of halogens is 1. The van der Waals surface area contributed by atoms with E-state index in [9.17, 15) is 4.79 Å². The van der Waals surface area contributed by atoms with Gasteiger partial charge in [-0.1, -0.05) is 28.9 Å². The molecular weight excluding hydrogens is 380 g/mol. The maximum absolute atomic E-state index is 12.7. The molecular formula is C20H17ClN4O3. The molecule has 0 radical (unpaired) electrons. The van der Waals surface area contributed by atoms with Crippen molar-refractivity contribution in [1.82, 2.24) is 20.0 Å². The summed E-state index contributed by atoms with van der Waals surface area (Å²) in [7, 11) is 1.68. The Bertz CT molecular complexity index is 1130. The fourth-order valence-corrected chi connectivity index (χ4v) is 2.99. The van der Waals surface area contributed by atoms with E-state index in [0.717, 1.165) is 5.56 Å². The molecule has 0 aliphatic carbocycles. The van der Waals surface area contributed by atoms with Gasteiger partial charge in [0.15, 0.2) is 17.3 Å². The van der Waals surface area contributed by atoms with Gasteiger partial charge in [0.05, 0.1) is 6.54 Å². The van der Waals surface area contributed by atoms with Crippen LogP contribution in [0.15, 0.2) is 51.4 Å². The molecule has 0 N–H and O–H groups in total. The van der Waals surface area contributed by atoms with Gasteiger partial charge >= 0.3 is 0 Å². The molecule has 4 aromatic rings. The number of carbonyl (C=O) groups is 1. The first-order valence-electron chi connectivity index (χ1n) is 8.66. The van der Waals surface area contributed by atoms with E-state index in [4.69, 9.17) is 20.5 Å². The molecule has 142 valence electrons. The third kappa shape index (κ3) is 3.89. The van der Waals surface area contributed by atoms with Crippen molar-refractivity contribution in [2.75, 3.05) is 7.05 Å². The van der Waals surface area contributed by atoms with Crippen LogP contribution in [0.25, 0.3) is 11.1 Å². The average molecular weight is 397 g/mol. The summed E-state index contributed by atoms with van der Waals surface area (Å²) in [5, 5.41) is 4.42. The topological polar surface area (TPSA) is 85.3 Å². The highest BCUT2D eigenvalue weighted by Crippen LogP contribution is 2.21. The summed E-state index contributed by atoms with van der Waals surface area (Å²) in [6.45, 7) is 1.97. The third-order valence-electron chi connectivity index (χ3n) is 4.24. The normalized spacial score (nSPS) is 11.1. The van der Waals surface area contributed by atoms with E-state index in [1.165, 1.54) is 4.90 Å². The van der Waals surface area contributed by atoms with Crippen molar-refractivity contribution in [3.05, 3.63) is 76.2 Å². The minimum absolute atomic E-state index is 0.167. The number of nitrogens with zero attached hydrogens (tertiary/aromatic N) is 4. The van der Waals surface area contributed by atoms with Crippen molar-refractivity contribution in [3.63, 3.8) is 0 Å². The Balaban J connectivity index is 1.52. The number of hydrogen-bond acceptors (Lipinski definition) is 6. The van der Waals surface area contributed by atoms with Crippen LogP contribution in [0.2, 0.25) is 5.02 Å². The number of oxazole rings is 1. The Morgan fingerprint density at radius 1 is 1.11 bits per heavy atom. The molecule has 28 heavy (non-hydrogen) atoms. The predicted molar refractivity (Wildman–Crippen MR) is 103 cm³/mol. The fourth-order valence-electron chi connectivity index (χ4n) is 2.86. The van der Waals surface area contributed by atoms with Crippen molar-refractivity contribution in [2.45, 2.75) is 19.9 Å². The second-order valence-corrected chi connectivity index (χ2v) is 6.93. The lowest BCUT2D eigenvalue weighted by Gasteiger charge is -2.14. The first-order valence-corrected chi connectivity index (χ1v) is 9.04. The summed E-state index contributed by atoms with van der Waals surface area (Å²) in [4.78, 5) is 22.8. The molecule has 4 rings (SSSR count). The van der Waals surface area contributed by atoms with Gasteiger partial charge in [0.1, 0.15) is 5.52 Å². The monoisotopic (exact) mass is 396 g/mol. The molecule has 0 aliphatic rings. The first-order chi connectivity index (χ1) is 13.5. The molecule has 0 saturated heterocycles. The number of benzene rings is 2. The van der Waals surface area contributed by atoms with E-state index in [0.29, 0.717) is 45.7 Å². The maximum Gasteiger partial charge on any atom is 0.254 e. The lowest BCUT2D eigenvalue weighted by Crippen LogP contribution is -2.26. The number of aromatic nitrogens is 3. The highest BCUT2D eigenvalue weighted by molar-refractivity contribution is 6.30. The van der Waals surface area contributed by atoms with Crippen LogP contribution in [0.3, 0.4) is 0 Å². The van der Waals surface area contributed by atoms with Crippen LogP contribution >= 0.6 is 11.6 Å². The predicted octanol–water partition coefficient (Wildman–Crippen LogP) is 4.04. The molecule has 8 heteroatoms. The number of amides is 1. The lowest BCUT2D eigenvalue weighted by atomic mass is 10.1. The fraction of sp³-hybridized carbons (Fsp3) is 0.200. The van der Waals surface area contributed by atoms with E-state index in [1.807, 2.05) is 24.3 Å². The molecule has 0 spiro atoms. The number of hydrogen-bond donors (Lipinski definition) is 0. The SMILES string of the molecule is Cc1noc(CN(C)C(=O)c2ccc3oc(Cc4ccc(Cl)cc4)nc3c2)n1. The second kappa shape index (κ2) is 7.44. The Morgan fingerprint density at radius 2 is 1.89 bits per heavy atom. The quantitative estimate of drug-likeness (QED) is 0.506. The summed E-state index contributed by atoms with van der Waals surface area (Å²) >= 11 is 5.92. The molecule has 0 fully saturated rings. The number of rotatable bonds is 5. The summed E-state index contributed by atoms with van der Waals surface area (Å²) in [6, 6.07) is 12.7. The van der Waals surface area contributed by atoms with Gasteiger partial charge in [0.25, 0.3) is 5.91 Å². The standard InChI is InChI=1S/C20H17ClN4O3/c1-12-22-19(28-24-12)11-25(2)20(26)14-5-8-17-16(10-14)23-18(27-17)9-13-3-6-15(21)7-4-13/h3-8,10H,9,11H2,1-2H3. The molecule has 0 aliphatic heterocycles. The Kier molecular flexibility index (Phi) is 4.83. The smallest absolute Gasteiger partial charge is 0.254 e. The number of carbonyl (C=O) groups excluding carboxylic acids is 1. The molecule has 0 saturated carbocycles. The van der Waals surface area contributed by atoms with Gasteiger partial charge in [0.2, 0.25) is 5.89 Å². The van der Waals surface area contributed by atoms with Crippen LogP contribution < -0.4 is 0 Å². The molecule has 2 aromatic carbocycles. The maximum atomic E-state index is 12.7. The molecule has 0 unspecified atom stereocenters. The minimum Gasteiger partial charge on any atom is -0.440 e. The van der Waals surface area contributed by atoms with E-state index < -0.39 is 0 Å². The van der Waals surface area contributed by atoms with Crippen LogP contribution in [0.4, 0.5) is 0 Å². The van der Waals surface area contributed by atoms with Gasteiger partial charge in [-0.2, -0.15) is 4.98 Å². The van der Waals surface area contributed by atoms with Gasteiger partial charge in [-0.25, -0.2) is 4.98 Å². The van der Waals surface area contributed by atoms with E-state index in [2.05, 4.69) is 15.1 Å². The van der Waals surface area contributed by atoms with Crippen molar-refractivity contribution in [1.29, 1.82) is 0 Å². The molecule has 0 bridgehead atoms. The number of aryl methyl sites for hydroxylation is 1. The van der Waals surface area contributed by atoms with E-state index in [-0.39, 0.29) is 12.5 Å². The van der Waals surface area contributed by atoms with Crippen molar-refractivity contribution < 1.29 is 13.7 Å². The third-order valence-corrected chi connectivity index (χ3v) is 4.49. The largest absolute Gasteiger partial charge is 0.440 e. The molecule has 7 nitrogen and oxygen atoms in total. The molecule has 0 atom stereocenters. The Labute approximate surface area is 165 Å². The second-order valence-electron chi connectivity index (χ2n) is 6.49. The summed E-state index contributed by atoms with van der Waals surface area (Å²) < 4.78 is 10.9. The van der Waals surface area contributed by atoms with Gasteiger partial charge < -0.3 is 13.8 Å².